The van der Waals surface area contributed by atoms with Crippen LogP contribution in [0.4, 0.5) is 16.2 Å². The third-order valence-electron chi connectivity index (χ3n) is 3.92. The minimum Gasteiger partial charge on any atom is -0.385 e. The molecule has 2 aromatic rings. The number of aliphatic hydroxyl groups is 1. The predicted molar refractivity (Wildman–Crippen MR) is 104 cm³/mol. The van der Waals surface area contributed by atoms with Gasteiger partial charge in [-0.1, -0.05) is 11.6 Å². The second-order valence-electron chi connectivity index (χ2n) is 6.32. The molecule has 0 aromatic carbocycles. The largest absolute Gasteiger partial charge is 0.490 e. The fraction of sp³-hybridized carbons (Fsp3) is 0.500. The number of hydrogen-bond acceptors (Lipinski definition) is 13. The van der Waals surface area contributed by atoms with E-state index in [2.05, 4.69) is 28.1 Å². The van der Waals surface area contributed by atoms with E-state index in [0.29, 0.717) is 0 Å². The van der Waals surface area contributed by atoms with Gasteiger partial charge in [-0.05, 0) is 0 Å². The van der Waals surface area contributed by atoms with Crippen molar-refractivity contribution in [2.24, 2.45) is 0 Å². The second kappa shape index (κ2) is 8.73. The molecule has 3 heterocycles. The first kappa shape index (κ1) is 26.3. The fourth-order valence-corrected chi connectivity index (χ4v) is 6.03. The molecule has 0 aliphatic carbocycles. The van der Waals surface area contributed by atoms with Gasteiger partial charge in [-0.15, -0.1) is 0 Å². The molecule has 186 valence electrons. The lowest BCUT2D eigenvalue weighted by molar-refractivity contribution is -0.0473. The standard InChI is InChI=1S/C10H15ClFN6O12P3/c11-10(12)5(19)3(1-27-32(23,24)30-33(25,26)29-31(20,21)22)28-8(10)18-2-15-4-6(13)16-9(14)17-7(4)18/h2-3,5,8,19H,1H2,(H,23,24)(H,25,26)(H2,20,21,22)(H4,13,14,16,17)/t3-,5-,8-,10-/m1/s1. The van der Waals surface area contributed by atoms with Gasteiger partial charge in [0.2, 0.25) is 5.95 Å². The van der Waals surface area contributed by atoms with E-state index in [9.17, 15) is 23.7 Å². The molecule has 0 saturated carbocycles. The van der Waals surface area contributed by atoms with E-state index in [4.69, 9.17) is 42.5 Å². The van der Waals surface area contributed by atoms with E-state index >= 15 is 4.39 Å². The molecule has 1 aliphatic rings. The van der Waals surface area contributed by atoms with Crippen molar-refractivity contribution in [1.82, 2.24) is 19.5 Å². The molecule has 0 amide bonds. The molecule has 18 nitrogen and oxygen atoms in total. The van der Waals surface area contributed by atoms with Crippen molar-refractivity contribution < 1.29 is 60.6 Å². The first-order valence-corrected chi connectivity index (χ1v) is 13.1. The van der Waals surface area contributed by atoms with Crippen LogP contribution in [0.2, 0.25) is 0 Å². The van der Waals surface area contributed by atoms with Crippen molar-refractivity contribution in [2.45, 2.75) is 23.6 Å². The van der Waals surface area contributed by atoms with E-state index < -0.39 is 53.6 Å². The van der Waals surface area contributed by atoms with Gasteiger partial charge in [0.05, 0.1) is 12.9 Å². The summed E-state index contributed by atoms with van der Waals surface area (Å²) in [6.45, 7) is -1.16. The van der Waals surface area contributed by atoms with Gasteiger partial charge in [-0.25, -0.2) is 23.1 Å². The number of aromatic nitrogens is 4. The Balaban J connectivity index is 1.77. The zero-order valence-corrected chi connectivity index (χ0v) is 19.1. The Labute approximate surface area is 186 Å². The van der Waals surface area contributed by atoms with Crippen LogP contribution in [0.3, 0.4) is 0 Å². The van der Waals surface area contributed by atoms with Crippen LogP contribution in [-0.2, 0) is 31.6 Å². The summed E-state index contributed by atoms with van der Waals surface area (Å²) in [5.74, 6) is -0.457. The van der Waals surface area contributed by atoms with Crippen molar-refractivity contribution in [3.8, 4) is 0 Å². The molecule has 23 heteroatoms. The molecule has 33 heavy (non-hydrogen) atoms. The molecule has 1 saturated heterocycles. The number of alkyl halides is 2. The Morgan fingerprint density at radius 3 is 2.42 bits per heavy atom. The monoisotopic (exact) mass is 558 g/mol. The van der Waals surface area contributed by atoms with Gasteiger partial charge in [0.25, 0.3) is 5.13 Å². The number of ether oxygens (including phenoxy) is 1. The molecule has 0 spiro atoms. The highest BCUT2D eigenvalue weighted by Crippen LogP contribution is 2.66. The highest BCUT2D eigenvalue weighted by molar-refractivity contribution is 7.66. The van der Waals surface area contributed by atoms with E-state index in [1.807, 2.05) is 0 Å². The molecule has 2 unspecified atom stereocenters. The summed E-state index contributed by atoms with van der Waals surface area (Å²) >= 11 is 5.77. The lowest BCUT2D eigenvalue weighted by atomic mass is 10.1. The van der Waals surface area contributed by atoms with E-state index in [0.717, 1.165) is 10.9 Å². The molecule has 0 radical (unpaired) electrons. The molecule has 1 fully saturated rings. The Hall–Kier alpha value is -1.30. The maximum absolute atomic E-state index is 15.1. The van der Waals surface area contributed by atoms with E-state index in [-0.39, 0.29) is 22.9 Å². The van der Waals surface area contributed by atoms with Crippen LogP contribution in [0, 0.1) is 0 Å². The summed E-state index contributed by atoms with van der Waals surface area (Å²) in [7, 11) is -16.9. The zero-order valence-electron chi connectivity index (χ0n) is 15.7. The minimum absolute atomic E-state index is 0.00790. The first-order valence-electron chi connectivity index (χ1n) is 8.17. The first-order chi connectivity index (χ1) is 14.9. The Morgan fingerprint density at radius 1 is 1.18 bits per heavy atom. The quantitative estimate of drug-likeness (QED) is 0.159. The molecule has 0 bridgehead atoms. The number of nitrogens with zero attached hydrogens (tertiary/aromatic N) is 4. The second-order valence-corrected chi connectivity index (χ2v) is 11.3. The number of nitrogen functional groups attached to an aromatic ring is 2. The summed E-state index contributed by atoms with van der Waals surface area (Å²) in [5, 5.41) is 7.09. The van der Waals surface area contributed by atoms with Gasteiger partial charge in [-0.3, -0.25) is 9.09 Å². The van der Waals surface area contributed by atoms with Crippen molar-refractivity contribution in [3.05, 3.63) is 6.33 Å². The normalized spacial score (nSPS) is 29.7. The summed E-state index contributed by atoms with van der Waals surface area (Å²) in [5.41, 5.74) is 11.0. The number of hydrogen-bond donors (Lipinski definition) is 7. The Bertz CT molecular complexity index is 1210. The molecule has 3 rings (SSSR count). The number of halogens is 2. The van der Waals surface area contributed by atoms with Gasteiger partial charge >= 0.3 is 23.5 Å². The summed E-state index contributed by atoms with van der Waals surface area (Å²) < 4.78 is 66.5. The van der Waals surface area contributed by atoms with Crippen LogP contribution in [0.5, 0.6) is 0 Å². The third-order valence-corrected chi connectivity index (χ3v) is 8.13. The van der Waals surface area contributed by atoms with Crippen LogP contribution in [-0.4, -0.2) is 68.1 Å². The predicted octanol–water partition coefficient (Wildman–Crippen LogP) is -0.503. The number of anilines is 2. The number of nitrogens with two attached hydrogens (primary N) is 2. The van der Waals surface area contributed by atoms with Crippen LogP contribution < -0.4 is 11.5 Å². The number of phosphoric ester groups is 1. The molecular formula is C10H15ClFN6O12P3. The van der Waals surface area contributed by atoms with E-state index in [1.54, 1.807) is 0 Å². The van der Waals surface area contributed by atoms with Gasteiger partial charge in [0, 0.05) is 0 Å². The topological polar surface area (TPSA) is 285 Å². The van der Waals surface area contributed by atoms with Crippen LogP contribution in [0.1, 0.15) is 6.23 Å². The molecular weight excluding hydrogens is 544 g/mol. The lowest BCUT2D eigenvalue weighted by Crippen LogP contribution is -2.38. The lowest BCUT2D eigenvalue weighted by Gasteiger charge is -2.22. The molecule has 6 atom stereocenters. The van der Waals surface area contributed by atoms with Crippen LogP contribution >= 0.6 is 35.1 Å². The maximum atomic E-state index is 15.1. The summed E-state index contributed by atoms with van der Waals surface area (Å²) in [6, 6.07) is 0. The van der Waals surface area contributed by atoms with Gasteiger partial charge in [0.15, 0.2) is 17.7 Å². The molecule has 2 aromatic heterocycles. The van der Waals surface area contributed by atoms with Gasteiger partial charge < -0.3 is 40.9 Å². The molecule has 1 aliphatic heterocycles. The third kappa shape index (κ3) is 5.86. The number of rotatable bonds is 8. The fourth-order valence-electron chi connectivity index (χ4n) is 2.70. The number of phosphoric acid groups is 3. The van der Waals surface area contributed by atoms with Crippen molar-refractivity contribution in [3.63, 3.8) is 0 Å². The Kier molecular flexibility index (Phi) is 6.96. The van der Waals surface area contributed by atoms with Crippen molar-refractivity contribution in [1.29, 1.82) is 0 Å². The SMILES string of the molecule is Nc1nc(N)c2ncn([C@@H]3O[C@H](COP(=O)(O)OP(=O)(O)OP(=O)(O)O)[C@@H](O)[C@]3(F)Cl)c2n1. The van der Waals surface area contributed by atoms with Crippen LogP contribution in [0.15, 0.2) is 6.33 Å². The van der Waals surface area contributed by atoms with Crippen LogP contribution in [0.25, 0.3) is 11.2 Å². The number of imidazole rings is 1. The van der Waals surface area contributed by atoms with Crippen molar-refractivity contribution in [2.75, 3.05) is 18.1 Å². The average Bonchev–Trinajstić information content (AvgIpc) is 3.10. The highest BCUT2D eigenvalue weighted by Gasteiger charge is 2.58. The number of aliphatic hydroxyl groups excluding tert-OH is 1. The molecule has 9 N–H and O–H groups in total. The smallest absolute Gasteiger partial charge is 0.385 e. The van der Waals surface area contributed by atoms with Crippen molar-refractivity contribution >= 4 is 58.0 Å². The minimum atomic E-state index is -5.78. The summed E-state index contributed by atoms with van der Waals surface area (Å²) in [6.07, 6.45) is -4.86. The van der Waals surface area contributed by atoms with Gasteiger partial charge in [0.1, 0.15) is 17.7 Å². The maximum Gasteiger partial charge on any atom is 0.490 e. The van der Waals surface area contributed by atoms with Gasteiger partial charge in [-0.2, -0.15) is 18.6 Å². The zero-order chi connectivity index (χ0) is 25.0. The summed E-state index contributed by atoms with van der Waals surface area (Å²) in [4.78, 5) is 47.0. The average molecular weight is 559 g/mol. The highest BCUT2D eigenvalue weighted by atomic mass is 35.5. The Morgan fingerprint density at radius 2 is 1.82 bits per heavy atom. The van der Waals surface area contributed by atoms with E-state index in [1.165, 1.54) is 0 Å². The number of fused-ring (bicyclic) bond motifs is 1.